The fraction of sp³-hybridized carbons (Fsp3) is 0.429. The van der Waals surface area contributed by atoms with E-state index in [0.717, 1.165) is 24.3 Å². The van der Waals surface area contributed by atoms with Crippen LogP contribution < -0.4 is 4.72 Å². The molecular formula is C14H18FNO6S. The predicted octanol–water partition coefficient (Wildman–Crippen LogP) is 1.59. The maximum atomic E-state index is 12.8. The smallest absolute Gasteiger partial charge is 0.321 e. The molecule has 0 aliphatic carbocycles. The van der Waals surface area contributed by atoms with Gasteiger partial charge in [0.25, 0.3) is 0 Å². The van der Waals surface area contributed by atoms with E-state index in [0.29, 0.717) is 19.3 Å². The van der Waals surface area contributed by atoms with Crippen LogP contribution in [0.4, 0.5) is 4.39 Å². The maximum Gasteiger partial charge on any atom is 0.321 e. The molecule has 0 aliphatic rings. The molecule has 0 bridgehead atoms. The van der Waals surface area contributed by atoms with E-state index in [2.05, 4.69) is 4.72 Å². The van der Waals surface area contributed by atoms with Crippen molar-refractivity contribution in [3.63, 3.8) is 0 Å². The predicted molar refractivity (Wildman–Crippen MR) is 78.9 cm³/mol. The molecule has 0 saturated carbocycles. The molecule has 7 nitrogen and oxygen atoms in total. The first-order valence-corrected chi connectivity index (χ1v) is 8.43. The molecule has 0 fully saturated rings. The summed E-state index contributed by atoms with van der Waals surface area (Å²) in [4.78, 5) is 21.3. The Hall–Kier alpha value is -2.00. The minimum absolute atomic E-state index is 0.0148. The lowest BCUT2D eigenvalue weighted by atomic mass is 10.1. The van der Waals surface area contributed by atoms with Gasteiger partial charge in [0.2, 0.25) is 10.0 Å². The molecule has 0 aliphatic heterocycles. The molecule has 0 amide bonds. The van der Waals surface area contributed by atoms with Gasteiger partial charge in [0.05, 0.1) is 4.90 Å². The molecule has 1 aromatic rings. The number of carboxylic acid groups (broad SMARTS) is 2. The Morgan fingerprint density at radius 3 is 2.22 bits per heavy atom. The first kappa shape index (κ1) is 19.0. The van der Waals surface area contributed by atoms with Crippen molar-refractivity contribution in [2.75, 3.05) is 0 Å². The van der Waals surface area contributed by atoms with Crippen molar-refractivity contribution in [1.29, 1.82) is 0 Å². The number of rotatable bonds is 10. The third kappa shape index (κ3) is 6.74. The normalized spacial score (nSPS) is 12.7. The summed E-state index contributed by atoms with van der Waals surface area (Å²) in [5, 5.41) is 17.6. The summed E-state index contributed by atoms with van der Waals surface area (Å²) in [5.41, 5.74) is 0. The van der Waals surface area contributed by atoms with Crippen LogP contribution in [-0.4, -0.2) is 36.6 Å². The molecule has 0 aromatic heterocycles. The fourth-order valence-electron chi connectivity index (χ4n) is 1.90. The highest BCUT2D eigenvalue weighted by molar-refractivity contribution is 7.89. The number of carbonyl (C=O) groups is 2. The lowest BCUT2D eigenvalue weighted by molar-refractivity contribution is -0.139. The van der Waals surface area contributed by atoms with Gasteiger partial charge in [-0.1, -0.05) is 12.8 Å². The number of aliphatic carboxylic acids is 2. The molecule has 23 heavy (non-hydrogen) atoms. The Morgan fingerprint density at radius 1 is 1.09 bits per heavy atom. The fourth-order valence-corrected chi connectivity index (χ4v) is 3.13. The molecule has 128 valence electrons. The monoisotopic (exact) mass is 347 g/mol. The number of halogens is 1. The Morgan fingerprint density at radius 2 is 1.70 bits per heavy atom. The van der Waals surface area contributed by atoms with E-state index >= 15 is 0 Å². The zero-order valence-electron chi connectivity index (χ0n) is 12.2. The number of carboxylic acids is 2. The Balaban J connectivity index is 2.62. The summed E-state index contributed by atoms with van der Waals surface area (Å²) >= 11 is 0. The number of hydrogen-bond acceptors (Lipinski definition) is 4. The Kier molecular flexibility index (Phi) is 7.11. The van der Waals surface area contributed by atoms with Crippen LogP contribution in [0.2, 0.25) is 0 Å². The van der Waals surface area contributed by atoms with Gasteiger partial charge in [-0.3, -0.25) is 9.59 Å². The molecular weight excluding hydrogens is 329 g/mol. The first-order chi connectivity index (χ1) is 10.7. The van der Waals surface area contributed by atoms with Crippen LogP contribution in [0, 0.1) is 5.82 Å². The number of benzene rings is 1. The minimum atomic E-state index is -4.07. The number of nitrogens with one attached hydrogen (secondary N) is 1. The zero-order valence-corrected chi connectivity index (χ0v) is 13.1. The number of sulfonamides is 1. The highest BCUT2D eigenvalue weighted by Crippen LogP contribution is 2.13. The van der Waals surface area contributed by atoms with E-state index in [9.17, 15) is 22.4 Å². The van der Waals surface area contributed by atoms with E-state index in [1.54, 1.807) is 0 Å². The topological polar surface area (TPSA) is 121 Å². The van der Waals surface area contributed by atoms with Crippen LogP contribution in [0.3, 0.4) is 0 Å². The molecule has 0 saturated heterocycles. The molecule has 1 rings (SSSR count). The van der Waals surface area contributed by atoms with Crippen molar-refractivity contribution in [1.82, 2.24) is 4.72 Å². The summed E-state index contributed by atoms with van der Waals surface area (Å²) in [5.74, 6) is -2.86. The summed E-state index contributed by atoms with van der Waals surface area (Å²) < 4.78 is 39.0. The Labute approximate surface area is 133 Å². The second-order valence-corrected chi connectivity index (χ2v) is 6.67. The zero-order chi connectivity index (χ0) is 17.5. The molecule has 1 atom stereocenters. The average Bonchev–Trinajstić information content (AvgIpc) is 2.45. The van der Waals surface area contributed by atoms with E-state index in [1.807, 2.05) is 0 Å². The summed E-state index contributed by atoms with van der Waals surface area (Å²) in [6.45, 7) is 0. The van der Waals surface area contributed by atoms with Gasteiger partial charge in [-0.2, -0.15) is 4.72 Å². The van der Waals surface area contributed by atoms with E-state index < -0.39 is 33.8 Å². The SMILES string of the molecule is O=C(O)CCCCC[C@H](NS(=O)(=O)c1ccc(F)cc1)C(=O)O. The van der Waals surface area contributed by atoms with Gasteiger partial charge in [0, 0.05) is 6.42 Å². The summed E-state index contributed by atoms with van der Waals surface area (Å²) in [7, 11) is -4.07. The number of hydrogen-bond donors (Lipinski definition) is 3. The average molecular weight is 347 g/mol. The van der Waals surface area contributed by atoms with E-state index in [1.165, 1.54) is 0 Å². The summed E-state index contributed by atoms with van der Waals surface area (Å²) in [6, 6.07) is 2.70. The van der Waals surface area contributed by atoms with Gasteiger partial charge in [0.1, 0.15) is 11.9 Å². The van der Waals surface area contributed by atoms with Gasteiger partial charge >= 0.3 is 11.9 Å². The van der Waals surface area contributed by atoms with Gasteiger partial charge < -0.3 is 10.2 Å². The summed E-state index contributed by atoms with van der Waals surface area (Å²) in [6.07, 6.45) is 1.27. The standard InChI is InChI=1S/C14H18FNO6S/c15-10-6-8-11(9-7-10)23(21,22)16-12(14(19)20)4-2-1-3-5-13(17)18/h6-9,12,16H,1-5H2,(H,17,18)(H,19,20)/t12-/m0/s1. The lowest BCUT2D eigenvalue weighted by Crippen LogP contribution is -2.40. The van der Waals surface area contributed by atoms with Gasteiger partial charge in [-0.25, -0.2) is 12.8 Å². The van der Waals surface area contributed by atoms with Crippen LogP contribution >= 0.6 is 0 Å². The van der Waals surface area contributed by atoms with Crippen molar-refractivity contribution in [3.8, 4) is 0 Å². The quantitative estimate of drug-likeness (QED) is 0.553. The van der Waals surface area contributed by atoms with Crippen LogP contribution in [-0.2, 0) is 19.6 Å². The van der Waals surface area contributed by atoms with Crippen molar-refractivity contribution < 1.29 is 32.6 Å². The van der Waals surface area contributed by atoms with Crippen molar-refractivity contribution in [3.05, 3.63) is 30.1 Å². The molecule has 9 heteroatoms. The van der Waals surface area contributed by atoms with Crippen molar-refractivity contribution in [2.24, 2.45) is 0 Å². The Bertz CT molecular complexity index is 644. The van der Waals surface area contributed by atoms with Crippen molar-refractivity contribution in [2.45, 2.75) is 43.0 Å². The molecule has 3 N–H and O–H groups in total. The second kappa shape index (κ2) is 8.59. The largest absolute Gasteiger partial charge is 0.481 e. The highest BCUT2D eigenvalue weighted by atomic mass is 32.2. The van der Waals surface area contributed by atoms with E-state index in [4.69, 9.17) is 10.2 Å². The molecule has 0 spiro atoms. The molecule has 0 heterocycles. The van der Waals surface area contributed by atoms with Crippen LogP contribution in [0.1, 0.15) is 32.1 Å². The van der Waals surface area contributed by atoms with Crippen LogP contribution in [0.25, 0.3) is 0 Å². The number of unbranched alkanes of at least 4 members (excludes halogenated alkanes) is 2. The van der Waals surface area contributed by atoms with Crippen LogP contribution in [0.5, 0.6) is 0 Å². The highest BCUT2D eigenvalue weighted by Gasteiger charge is 2.25. The second-order valence-electron chi connectivity index (χ2n) is 4.96. The van der Waals surface area contributed by atoms with Gasteiger partial charge in [-0.15, -0.1) is 0 Å². The lowest BCUT2D eigenvalue weighted by Gasteiger charge is -2.14. The molecule has 1 aromatic carbocycles. The molecule has 0 unspecified atom stereocenters. The van der Waals surface area contributed by atoms with Crippen LogP contribution in [0.15, 0.2) is 29.2 Å². The first-order valence-electron chi connectivity index (χ1n) is 6.95. The van der Waals surface area contributed by atoms with Gasteiger partial charge in [-0.05, 0) is 37.1 Å². The third-order valence-corrected chi connectivity index (χ3v) is 4.59. The van der Waals surface area contributed by atoms with Gasteiger partial charge in [0.15, 0.2) is 0 Å². The molecule has 0 radical (unpaired) electrons. The minimum Gasteiger partial charge on any atom is -0.481 e. The third-order valence-electron chi connectivity index (χ3n) is 3.10. The van der Waals surface area contributed by atoms with E-state index in [-0.39, 0.29) is 17.7 Å². The maximum absolute atomic E-state index is 12.8. The van der Waals surface area contributed by atoms with Crippen molar-refractivity contribution >= 4 is 22.0 Å².